The summed E-state index contributed by atoms with van der Waals surface area (Å²) in [5.41, 5.74) is 0.0310. The summed E-state index contributed by atoms with van der Waals surface area (Å²) in [7, 11) is 0. The molecule has 0 fully saturated rings. The van der Waals surface area contributed by atoms with Gasteiger partial charge in [-0.1, -0.05) is 18.2 Å². The minimum atomic E-state index is -0.831. The number of phenolic OH excluding ortho intramolecular Hbond substituents is 1. The molecule has 0 aromatic heterocycles. The summed E-state index contributed by atoms with van der Waals surface area (Å²) < 4.78 is 18.2. The molecule has 0 radical (unpaired) electrons. The third kappa shape index (κ3) is 2.29. The van der Waals surface area contributed by atoms with Crippen molar-refractivity contribution in [3.8, 4) is 11.5 Å². The Bertz CT molecular complexity index is 793. The first kappa shape index (κ1) is 13.1. The van der Waals surface area contributed by atoms with Gasteiger partial charge in [-0.15, -0.1) is 0 Å². The second kappa shape index (κ2) is 4.86. The van der Waals surface area contributed by atoms with E-state index in [9.17, 15) is 19.1 Å². The van der Waals surface area contributed by atoms with Crippen LogP contribution in [0.4, 0.5) is 4.39 Å². The molecular weight excluding hydrogens is 275 g/mol. The van der Waals surface area contributed by atoms with Crippen molar-refractivity contribution in [3.05, 3.63) is 65.0 Å². The van der Waals surface area contributed by atoms with Gasteiger partial charge in [0.25, 0.3) is 0 Å². The van der Waals surface area contributed by atoms with Crippen LogP contribution in [0.5, 0.6) is 11.5 Å². The number of para-hydroxylation sites is 1. The van der Waals surface area contributed by atoms with E-state index in [1.165, 1.54) is 18.2 Å². The summed E-state index contributed by atoms with van der Waals surface area (Å²) in [6, 6.07) is 9.60. The topological polar surface area (TPSA) is 63.6 Å². The van der Waals surface area contributed by atoms with Crippen molar-refractivity contribution >= 4 is 17.8 Å². The maximum absolute atomic E-state index is 13.2. The van der Waals surface area contributed by atoms with Crippen LogP contribution < -0.4 is 4.74 Å². The van der Waals surface area contributed by atoms with E-state index in [0.717, 1.165) is 12.1 Å². The van der Waals surface area contributed by atoms with Crippen LogP contribution in [-0.4, -0.2) is 16.9 Å². The summed E-state index contributed by atoms with van der Waals surface area (Å²) in [6.45, 7) is 0. The molecule has 5 heteroatoms. The highest BCUT2D eigenvalue weighted by atomic mass is 19.1. The Morgan fingerprint density at radius 2 is 1.86 bits per heavy atom. The molecule has 0 saturated heterocycles. The van der Waals surface area contributed by atoms with Crippen LogP contribution in [0.15, 0.2) is 48.0 Å². The molecule has 1 aliphatic rings. The summed E-state index contributed by atoms with van der Waals surface area (Å²) in [4.78, 5) is 24.2. The van der Waals surface area contributed by atoms with Crippen LogP contribution in [0.25, 0.3) is 6.08 Å². The van der Waals surface area contributed by atoms with Gasteiger partial charge in [0.05, 0.1) is 5.56 Å². The quantitative estimate of drug-likeness (QED) is 0.378. The fraction of sp³-hybridized carbons (Fsp3) is 0. The van der Waals surface area contributed by atoms with Gasteiger partial charge in [0.2, 0.25) is 5.78 Å². The van der Waals surface area contributed by atoms with Crippen molar-refractivity contribution in [1.29, 1.82) is 0 Å². The Kier molecular flexibility index (Phi) is 3.02. The molecule has 2 aromatic carbocycles. The predicted octanol–water partition coefficient (Wildman–Crippen LogP) is 2.72. The monoisotopic (exact) mass is 284 g/mol. The number of hydrogen-bond acceptors (Lipinski definition) is 4. The number of halogens is 1. The molecule has 0 spiro atoms. The Balaban J connectivity index is 2.11. The lowest BCUT2D eigenvalue weighted by atomic mass is 9.97. The zero-order chi connectivity index (χ0) is 15.0. The molecule has 1 N–H and O–H groups in total. The van der Waals surface area contributed by atoms with E-state index in [1.54, 1.807) is 18.2 Å². The largest absolute Gasteiger partial charge is 0.507 e. The molecule has 1 aliphatic heterocycles. The number of carbonyl (C=O) groups is 2. The lowest BCUT2D eigenvalue weighted by Crippen LogP contribution is -2.25. The number of phenols is 1. The Morgan fingerprint density at radius 1 is 1.10 bits per heavy atom. The van der Waals surface area contributed by atoms with Crippen molar-refractivity contribution in [2.75, 3.05) is 0 Å². The standard InChI is InChI=1S/C16H9FO4/c17-10-5-6-14-11(8-10)15(19)12(16(20)21-14)7-9-3-1-2-4-13(9)18/h1-8,18H/b12-7-. The zero-order valence-corrected chi connectivity index (χ0v) is 10.7. The number of ketones is 1. The van der Waals surface area contributed by atoms with Gasteiger partial charge in [0.1, 0.15) is 22.9 Å². The Labute approximate surface area is 119 Å². The van der Waals surface area contributed by atoms with Crippen LogP contribution in [0.1, 0.15) is 15.9 Å². The Hall–Kier alpha value is -2.95. The van der Waals surface area contributed by atoms with Crippen LogP contribution in [0.3, 0.4) is 0 Å². The van der Waals surface area contributed by atoms with Crippen molar-refractivity contribution in [2.45, 2.75) is 0 Å². The summed E-state index contributed by atoms with van der Waals surface area (Å²) >= 11 is 0. The lowest BCUT2D eigenvalue weighted by molar-refractivity contribution is -0.130. The van der Waals surface area contributed by atoms with Crippen LogP contribution in [-0.2, 0) is 4.79 Å². The summed E-state index contributed by atoms with van der Waals surface area (Å²) in [5, 5.41) is 9.69. The number of carbonyl (C=O) groups excluding carboxylic acids is 2. The molecule has 0 bridgehead atoms. The zero-order valence-electron chi connectivity index (χ0n) is 10.7. The molecule has 2 aromatic rings. The SMILES string of the molecule is O=C1Oc2ccc(F)cc2C(=O)/C1=C/c1ccccc1O. The van der Waals surface area contributed by atoms with E-state index in [-0.39, 0.29) is 22.6 Å². The Morgan fingerprint density at radius 3 is 2.62 bits per heavy atom. The second-order valence-electron chi connectivity index (χ2n) is 4.48. The molecule has 4 nitrogen and oxygen atoms in total. The van der Waals surface area contributed by atoms with Gasteiger partial charge in [0, 0.05) is 5.56 Å². The third-order valence-electron chi connectivity index (χ3n) is 3.09. The van der Waals surface area contributed by atoms with Crippen LogP contribution >= 0.6 is 0 Å². The van der Waals surface area contributed by atoms with Crippen molar-refractivity contribution in [2.24, 2.45) is 0 Å². The number of aromatic hydroxyl groups is 1. The average Bonchev–Trinajstić information content (AvgIpc) is 2.46. The first-order valence-electron chi connectivity index (χ1n) is 6.12. The number of rotatable bonds is 1. The molecule has 0 saturated carbocycles. The maximum Gasteiger partial charge on any atom is 0.347 e. The van der Waals surface area contributed by atoms with E-state index < -0.39 is 17.6 Å². The van der Waals surface area contributed by atoms with Crippen molar-refractivity contribution in [1.82, 2.24) is 0 Å². The van der Waals surface area contributed by atoms with E-state index in [4.69, 9.17) is 4.74 Å². The van der Waals surface area contributed by atoms with Crippen molar-refractivity contribution in [3.63, 3.8) is 0 Å². The van der Waals surface area contributed by atoms with Crippen LogP contribution in [0.2, 0.25) is 0 Å². The molecule has 104 valence electrons. The summed E-state index contributed by atoms with van der Waals surface area (Å²) in [6.07, 6.45) is 1.23. The van der Waals surface area contributed by atoms with E-state index in [1.807, 2.05) is 0 Å². The summed E-state index contributed by atoms with van der Waals surface area (Å²) in [5.74, 6) is -2.11. The maximum atomic E-state index is 13.2. The van der Waals surface area contributed by atoms with Gasteiger partial charge in [-0.2, -0.15) is 0 Å². The number of benzene rings is 2. The molecule has 1 heterocycles. The van der Waals surface area contributed by atoms with Gasteiger partial charge in [0.15, 0.2) is 0 Å². The van der Waals surface area contributed by atoms with E-state index >= 15 is 0 Å². The fourth-order valence-corrected chi connectivity index (χ4v) is 2.05. The number of esters is 1. The lowest BCUT2D eigenvalue weighted by Gasteiger charge is -2.16. The smallest absolute Gasteiger partial charge is 0.347 e. The highest BCUT2D eigenvalue weighted by Gasteiger charge is 2.31. The van der Waals surface area contributed by atoms with Crippen LogP contribution in [0, 0.1) is 5.82 Å². The van der Waals surface area contributed by atoms with Gasteiger partial charge in [-0.25, -0.2) is 9.18 Å². The number of Topliss-reactive ketones (excluding diaryl/α,β-unsaturated/α-hetero) is 1. The van der Waals surface area contributed by atoms with Gasteiger partial charge in [-0.05, 0) is 30.3 Å². The molecule has 0 atom stereocenters. The molecule has 0 aliphatic carbocycles. The molecule has 3 rings (SSSR count). The highest BCUT2D eigenvalue weighted by Crippen LogP contribution is 2.30. The van der Waals surface area contributed by atoms with E-state index in [2.05, 4.69) is 0 Å². The minimum Gasteiger partial charge on any atom is -0.507 e. The average molecular weight is 284 g/mol. The molecule has 0 amide bonds. The normalized spacial score (nSPS) is 15.8. The number of ether oxygens (including phenoxy) is 1. The van der Waals surface area contributed by atoms with Gasteiger partial charge in [-0.3, -0.25) is 4.79 Å². The number of fused-ring (bicyclic) bond motifs is 1. The first-order chi connectivity index (χ1) is 10.1. The number of hydrogen-bond donors (Lipinski definition) is 1. The predicted molar refractivity (Wildman–Crippen MR) is 72.4 cm³/mol. The highest BCUT2D eigenvalue weighted by molar-refractivity contribution is 6.30. The minimum absolute atomic E-state index is 0.0173. The first-order valence-corrected chi connectivity index (χ1v) is 6.12. The molecule has 21 heavy (non-hydrogen) atoms. The van der Waals surface area contributed by atoms with E-state index in [0.29, 0.717) is 5.56 Å². The molecule has 0 unspecified atom stereocenters. The second-order valence-corrected chi connectivity index (χ2v) is 4.48. The van der Waals surface area contributed by atoms with Gasteiger partial charge >= 0.3 is 5.97 Å². The molecular formula is C16H9FO4. The fourth-order valence-electron chi connectivity index (χ4n) is 2.05. The van der Waals surface area contributed by atoms with Gasteiger partial charge < -0.3 is 9.84 Å². The third-order valence-corrected chi connectivity index (χ3v) is 3.09. The van der Waals surface area contributed by atoms with Crippen molar-refractivity contribution < 1.29 is 23.8 Å².